The van der Waals surface area contributed by atoms with Crippen molar-refractivity contribution in [2.45, 2.75) is 65.0 Å². The average Bonchev–Trinajstić information content (AvgIpc) is 2.85. The maximum Gasteiger partial charge on any atom is 0.0131 e. The molecule has 0 aromatic rings. The summed E-state index contributed by atoms with van der Waals surface area (Å²) in [5.41, 5.74) is 1.17. The molecule has 14 heavy (non-hydrogen) atoms. The summed E-state index contributed by atoms with van der Waals surface area (Å²) in [6.07, 6.45) is 7.23. The Morgan fingerprint density at radius 2 is 1.79 bits per heavy atom. The number of hydrogen-bond donors (Lipinski definition) is 1. The summed E-state index contributed by atoms with van der Waals surface area (Å²) < 4.78 is 0. The van der Waals surface area contributed by atoms with Gasteiger partial charge in [-0.05, 0) is 48.9 Å². The van der Waals surface area contributed by atoms with E-state index in [1.54, 1.807) is 0 Å². The molecule has 3 saturated carbocycles. The Kier molecular flexibility index (Phi) is 1.68. The highest BCUT2D eigenvalue weighted by molar-refractivity contribution is 5.13. The normalized spacial score (nSPS) is 49.9. The van der Waals surface area contributed by atoms with Gasteiger partial charge in [0.15, 0.2) is 0 Å². The molecule has 80 valence electrons. The topological polar surface area (TPSA) is 12.0 Å². The van der Waals surface area contributed by atoms with E-state index in [1.165, 1.54) is 32.1 Å². The molecular weight excluding hydrogens is 170 g/mol. The molecule has 0 aromatic heterocycles. The van der Waals surface area contributed by atoms with Gasteiger partial charge in [-0.3, -0.25) is 0 Å². The monoisotopic (exact) mass is 193 g/mol. The van der Waals surface area contributed by atoms with Crippen LogP contribution in [0.25, 0.3) is 0 Å². The molecule has 0 spiro atoms. The fourth-order valence-corrected chi connectivity index (χ4v) is 3.99. The van der Waals surface area contributed by atoms with Crippen molar-refractivity contribution in [1.29, 1.82) is 0 Å². The van der Waals surface area contributed by atoms with Gasteiger partial charge in [-0.25, -0.2) is 0 Å². The number of hydrogen-bond acceptors (Lipinski definition) is 1. The van der Waals surface area contributed by atoms with E-state index in [0.29, 0.717) is 10.8 Å². The molecule has 1 nitrogen and oxygen atoms in total. The second-order valence-corrected chi connectivity index (χ2v) is 6.60. The number of nitrogens with one attached hydrogen (secondary N) is 1. The van der Waals surface area contributed by atoms with E-state index in [0.717, 1.165) is 18.0 Å². The predicted molar refractivity (Wildman–Crippen MR) is 59.2 cm³/mol. The molecule has 3 aliphatic carbocycles. The van der Waals surface area contributed by atoms with Crippen molar-refractivity contribution >= 4 is 0 Å². The molecule has 1 unspecified atom stereocenters. The van der Waals surface area contributed by atoms with Crippen molar-refractivity contribution < 1.29 is 0 Å². The summed E-state index contributed by atoms with van der Waals surface area (Å²) in [6, 6.07) is 1.70. The quantitative estimate of drug-likeness (QED) is 0.711. The molecule has 3 aliphatic rings. The van der Waals surface area contributed by atoms with Crippen molar-refractivity contribution in [3.05, 3.63) is 0 Å². The first kappa shape index (κ1) is 9.21. The second-order valence-electron chi connectivity index (χ2n) is 6.60. The highest BCUT2D eigenvalue weighted by Gasteiger charge is 2.61. The Bertz CT molecular complexity index is 254. The van der Waals surface area contributed by atoms with Crippen molar-refractivity contribution in [2.24, 2.45) is 16.7 Å². The van der Waals surface area contributed by atoms with Crippen LogP contribution in [-0.4, -0.2) is 12.1 Å². The first-order valence-electron chi connectivity index (χ1n) is 6.30. The lowest BCUT2D eigenvalue weighted by molar-refractivity contribution is 0.120. The molecule has 0 amide bonds. The fraction of sp³-hybridized carbons (Fsp3) is 1.00. The third-order valence-corrected chi connectivity index (χ3v) is 5.81. The van der Waals surface area contributed by atoms with Crippen LogP contribution in [0.5, 0.6) is 0 Å². The summed E-state index contributed by atoms with van der Waals surface area (Å²) in [5.74, 6) is 0.990. The zero-order chi connectivity index (χ0) is 9.97. The van der Waals surface area contributed by atoms with E-state index in [-0.39, 0.29) is 0 Å². The third-order valence-electron chi connectivity index (χ3n) is 5.81. The van der Waals surface area contributed by atoms with Crippen LogP contribution in [0, 0.1) is 16.7 Å². The van der Waals surface area contributed by atoms with Crippen LogP contribution in [0.3, 0.4) is 0 Å². The molecule has 0 aromatic carbocycles. The fourth-order valence-electron chi connectivity index (χ4n) is 3.99. The highest BCUT2D eigenvalue weighted by Crippen LogP contribution is 2.65. The van der Waals surface area contributed by atoms with Crippen molar-refractivity contribution in [1.82, 2.24) is 5.32 Å². The van der Waals surface area contributed by atoms with Gasteiger partial charge in [0.2, 0.25) is 0 Å². The maximum atomic E-state index is 3.88. The Morgan fingerprint density at radius 1 is 1.07 bits per heavy atom. The van der Waals surface area contributed by atoms with E-state index in [1.807, 2.05) is 0 Å². The van der Waals surface area contributed by atoms with Crippen LogP contribution < -0.4 is 5.32 Å². The molecule has 0 saturated heterocycles. The summed E-state index contributed by atoms with van der Waals surface area (Å²) in [6.45, 7) is 7.53. The smallest absolute Gasteiger partial charge is 0.0131 e. The van der Waals surface area contributed by atoms with Gasteiger partial charge in [0.25, 0.3) is 0 Å². The Balaban J connectivity index is 1.83. The van der Waals surface area contributed by atoms with Gasteiger partial charge in [-0.1, -0.05) is 20.8 Å². The molecule has 0 aliphatic heterocycles. The summed E-state index contributed by atoms with van der Waals surface area (Å²) >= 11 is 0. The molecule has 3 rings (SSSR count). The summed E-state index contributed by atoms with van der Waals surface area (Å²) in [4.78, 5) is 0. The molecular formula is C13H23N. The van der Waals surface area contributed by atoms with Gasteiger partial charge < -0.3 is 5.32 Å². The number of fused-ring (bicyclic) bond motifs is 2. The van der Waals surface area contributed by atoms with Crippen molar-refractivity contribution in [2.75, 3.05) is 0 Å². The van der Waals surface area contributed by atoms with Gasteiger partial charge in [0, 0.05) is 12.1 Å². The predicted octanol–water partition coefficient (Wildman–Crippen LogP) is 2.95. The van der Waals surface area contributed by atoms with E-state index in [4.69, 9.17) is 0 Å². The minimum atomic E-state index is 0.583. The van der Waals surface area contributed by atoms with Gasteiger partial charge in [-0.2, -0.15) is 0 Å². The standard InChI is InChI=1S/C13H23N/c1-12(2)9-6-7-13(12,3)11(8-9)14-10-4-5-10/h9-11,14H,4-8H2,1-3H3/t9-,11?,13+/m0/s1. The van der Waals surface area contributed by atoms with Gasteiger partial charge in [-0.15, -0.1) is 0 Å². The van der Waals surface area contributed by atoms with Crippen LogP contribution in [0.15, 0.2) is 0 Å². The van der Waals surface area contributed by atoms with Crippen LogP contribution in [0.2, 0.25) is 0 Å². The zero-order valence-electron chi connectivity index (χ0n) is 9.77. The Labute approximate surface area is 87.7 Å². The Morgan fingerprint density at radius 3 is 2.21 bits per heavy atom. The van der Waals surface area contributed by atoms with Crippen LogP contribution in [0.1, 0.15) is 52.9 Å². The highest BCUT2D eigenvalue weighted by atomic mass is 15.0. The minimum Gasteiger partial charge on any atom is -0.311 e. The van der Waals surface area contributed by atoms with E-state index < -0.39 is 0 Å². The lowest BCUT2D eigenvalue weighted by atomic mass is 9.69. The lowest BCUT2D eigenvalue weighted by Crippen LogP contribution is -2.45. The molecule has 0 radical (unpaired) electrons. The minimum absolute atomic E-state index is 0.583. The maximum absolute atomic E-state index is 3.88. The summed E-state index contributed by atoms with van der Waals surface area (Å²) in [7, 11) is 0. The summed E-state index contributed by atoms with van der Waals surface area (Å²) in [5, 5.41) is 3.88. The molecule has 1 heteroatoms. The lowest BCUT2D eigenvalue weighted by Gasteiger charge is -2.39. The SMILES string of the molecule is CC1(C)[C@H]2CC[C@]1(C)C(NC1CC1)C2. The average molecular weight is 193 g/mol. The second kappa shape index (κ2) is 2.55. The molecule has 1 N–H and O–H groups in total. The third kappa shape index (κ3) is 0.997. The molecule has 3 fully saturated rings. The van der Waals surface area contributed by atoms with Crippen LogP contribution in [-0.2, 0) is 0 Å². The van der Waals surface area contributed by atoms with Gasteiger partial charge in [0.1, 0.15) is 0 Å². The van der Waals surface area contributed by atoms with Crippen molar-refractivity contribution in [3.63, 3.8) is 0 Å². The van der Waals surface area contributed by atoms with E-state index >= 15 is 0 Å². The zero-order valence-corrected chi connectivity index (χ0v) is 9.77. The molecule has 0 heterocycles. The first-order chi connectivity index (χ1) is 6.54. The van der Waals surface area contributed by atoms with E-state index in [2.05, 4.69) is 26.1 Å². The van der Waals surface area contributed by atoms with Gasteiger partial charge >= 0.3 is 0 Å². The molecule has 2 bridgehead atoms. The first-order valence-corrected chi connectivity index (χ1v) is 6.30. The van der Waals surface area contributed by atoms with Crippen LogP contribution >= 0.6 is 0 Å². The number of rotatable bonds is 2. The van der Waals surface area contributed by atoms with E-state index in [9.17, 15) is 0 Å². The Hall–Kier alpha value is -0.0400. The largest absolute Gasteiger partial charge is 0.311 e. The molecule has 3 atom stereocenters. The van der Waals surface area contributed by atoms with Crippen molar-refractivity contribution in [3.8, 4) is 0 Å². The van der Waals surface area contributed by atoms with Crippen LogP contribution in [0.4, 0.5) is 0 Å². The van der Waals surface area contributed by atoms with Gasteiger partial charge in [0.05, 0.1) is 0 Å².